The van der Waals surface area contributed by atoms with E-state index >= 15 is 0 Å². The molecule has 1 saturated heterocycles. The number of nitrogens with zero attached hydrogens (tertiary/aromatic N) is 2. The molecule has 1 fully saturated rings. The number of amides is 1. The van der Waals surface area contributed by atoms with Crippen molar-refractivity contribution in [1.29, 1.82) is 0 Å². The maximum atomic E-state index is 13.4. The zero-order valence-corrected chi connectivity index (χ0v) is 19.9. The molecular formula is C22H36N2O4Si. The van der Waals surface area contributed by atoms with E-state index in [2.05, 4.69) is 6.92 Å². The third-order valence-corrected chi connectivity index (χ3v) is 6.03. The average Bonchev–Trinajstić information content (AvgIpc) is 2.90. The van der Waals surface area contributed by atoms with E-state index in [1.807, 2.05) is 67.8 Å². The van der Waals surface area contributed by atoms with E-state index in [1.54, 1.807) is 6.92 Å². The summed E-state index contributed by atoms with van der Waals surface area (Å²) >= 11 is 0. The van der Waals surface area contributed by atoms with Crippen molar-refractivity contribution in [2.75, 3.05) is 32.1 Å². The standard InChI is InChI=1S/C22H36N2O4Si/c1-8-10-15-24-19(16-11-13-17(14-12-16)23(3)4)18(22(26)27-9-2)20(21(24)25)28-29(5,6)7/h11-14,18-20H,8-10,15H2,1-7H3. The molecule has 2 rings (SSSR count). The summed E-state index contributed by atoms with van der Waals surface area (Å²) in [6, 6.07) is 7.69. The van der Waals surface area contributed by atoms with Crippen molar-refractivity contribution in [3.8, 4) is 0 Å². The Morgan fingerprint density at radius 3 is 2.24 bits per heavy atom. The van der Waals surface area contributed by atoms with Crippen molar-refractivity contribution in [2.24, 2.45) is 5.92 Å². The van der Waals surface area contributed by atoms with E-state index in [1.165, 1.54) is 0 Å². The van der Waals surface area contributed by atoms with Gasteiger partial charge in [-0.1, -0.05) is 25.5 Å². The van der Waals surface area contributed by atoms with Crippen molar-refractivity contribution in [2.45, 2.75) is 58.5 Å². The molecule has 1 aromatic rings. The van der Waals surface area contributed by atoms with Crippen molar-refractivity contribution in [3.63, 3.8) is 0 Å². The summed E-state index contributed by atoms with van der Waals surface area (Å²) in [5.74, 6) is -1.11. The number of benzene rings is 1. The fourth-order valence-corrected chi connectivity index (χ4v) is 4.75. The van der Waals surface area contributed by atoms with Crippen molar-refractivity contribution in [3.05, 3.63) is 29.8 Å². The Bertz CT molecular complexity index is 700. The highest BCUT2D eigenvalue weighted by Crippen LogP contribution is 2.42. The van der Waals surface area contributed by atoms with Gasteiger partial charge in [0.05, 0.1) is 12.6 Å². The van der Waals surface area contributed by atoms with E-state index in [4.69, 9.17) is 9.16 Å². The van der Waals surface area contributed by atoms with Crippen LogP contribution < -0.4 is 4.90 Å². The Morgan fingerprint density at radius 1 is 1.14 bits per heavy atom. The summed E-state index contributed by atoms with van der Waals surface area (Å²) in [5, 5.41) is 0. The van der Waals surface area contributed by atoms with Crippen LogP contribution in [-0.4, -0.2) is 58.4 Å². The first-order valence-electron chi connectivity index (χ1n) is 10.5. The molecule has 0 aliphatic carbocycles. The second kappa shape index (κ2) is 9.76. The van der Waals surface area contributed by atoms with Crippen LogP contribution in [0.3, 0.4) is 0 Å². The first-order valence-corrected chi connectivity index (χ1v) is 13.9. The van der Waals surface area contributed by atoms with Crippen LogP contribution >= 0.6 is 0 Å². The summed E-state index contributed by atoms with van der Waals surface area (Å²) in [5.41, 5.74) is 2.01. The van der Waals surface area contributed by atoms with Gasteiger partial charge in [0.2, 0.25) is 0 Å². The van der Waals surface area contributed by atoms with Gasteiger partial charge in [0.15, 0.2) is 8.32 Å². The summed E-state index contributed by atoms with van der Waals surface area (Å²) in [7, 11) is 1.92. The predicted octanol–water partition coefficient (Wildman–Crippen LogP) is 3.84. The van der Waals surface area contributed by atoms with Crippen molar-refractivity contribution in [1.82, 2.24) is 4.90 Å². The number of ether oxygens (including phenoxy) is 1. The highest BCUT2D eigenvalue weighted by Gasteiger charge is 2.54. The summed E-state index contributed by atoms with van der Waals surface area (Å²) in [4.78, 5) is 30.2. The molecule has 1 aliphatic heterocycles. The van der Waals surface area contributed by atoms with Crippen LogP contribution in [-0.2, 0) is 18.8 Å². The van der Waals surface area contributed by atoms with Crippen LogP contribution in [0, 0.1) is 5.92 Å². The molecule has 1 heterocycles. The molecule has 162 valence electrons. The van der Waals surface area contributed by atoms with Gasteiger partial charge in [-0.2, -0.15) is 0 Å². The van der Waals surface area contributed by atoms with Crippen LogP contribution in [0.5, 0.6) is 0 Å². The number of unbranched alkanes of at least 4 members (excludes halogenated alkanes) is 1. The van der Waals surface area contributed by atoms with E-state index in [0.29, 0.717) is 6.54 Å². The van der Waals surface area contributed by atoms with Gasteiger partial charge in [0.1, 0.15) is 12.0 Å². The molecule has 0 bridgehead atoms. The van der Waals surface area contributed by atoms with E-state index in [-0.39, 0.29) is 24.5 Å². The fourth-order valence-electron chi connectivity index (χ4n) is 3.74. The number of carbonyl (C=O) groups is 2. The van der Waals surface area contributed by atoms with Crippen LogP contribution in [0.25, 0.3) is 0 Å². The molecule has 0 radical (unpaired) electrons. The molecule has 0 saturated carbocycles. The minimum absolute atomic E-state index is 0.0967. The number of likely N-dealkylation sites (tertiary alicyclic amines) is 1. The predicted molar refractivity (Wildman–Crippen MR) is 118 cm³/mol. The quantitative estimate of drug-likeness (QED) is 0.449. The van der Waals surface area contributed by atoms with Gasteiger partial charge in [-0.25, -0.2) is 0 Å². The SMILES string of the molecule is CCCCN1C(=O)C(O[Si](C)(C)C)C(C(=O)OCC)C1c1ccc(N(C)C)cc1. The summed E-state index contributed by atoms with van der Waals surface area (Å²) < 4.78 is 11.6. The molecule has 0 spiro atoms. The Kier molecular flexibility index (Phi) is 7.88. The van der Waals surface area contributed by atoms with Gasteiger partial charge < -0.3 is 19.0 Å². The Labute approximate surface area is 176 Å². The highest BCUT2D eigenvalue weighted by atomic mass is 28.4. The maximum Gasteiger partial charge on any atom is 0.314 e. The molecule has 7 heteroatoms. The number of rotatable bonds is 9. The first kappa shape index (κ1) is 23.4. The second-order valence-corrected chi connectivity index (χ2v) is 13.2. The maximum absolute atomic E-state index is 13.4. The van der Waals surface area contributed by atoms with Crippen LogP contribution in [0.1, 0.15) is 38.3 Å². The fraction of sp³-hybridized carbons (Fsp3) is 0.636. The number of esters is 1. The highest BCUT2D eigenvalue weighted by molar-refractivity contribution is 6.69. The third kappa shape index (κ3) is 5.60. The zero-order chi connectivity index (χ0) is 21.8. The van der Waals surface area contributed by atoms with Crippen LogP contribution in [0.2, 0.25) is 19.6 Å². The smallest absolute Gasteiger partial charge is 0.314 e. The van der Waals surface area contributed by atoms with Gasteiger partial charge in [-0.15, -0.1) is 0 Å². The Morgan fingerprint density at radius 2 is 1.76 bits per heavy atom. The van der Waals surface area contributed by atoms with Crippen LogP contribution in [0.4, 0.5) is 5.69 Å². The van der Waals surface area contributed by atoms with Gasteiger partial charge in [-0.05, 0) is 50.7 Å². The van der Waals surface area contributed by atoms with Gasteiger partial charge >= 0.3 is 5.97 Å². The first-order chi connectivity index (χ1) is 13.6. The van der Waals surface area contributed by atoms with Crippen LogP contribution in [0.15, 0.2) is 24.3 Å². The van der Waals surface area contributed by atoms with E-state index in [0.717, 1.165) is 24.1 Å². The zero-order valence-electron chi connectivity index (χ0n) is 18.9. The lowest BCUT2D eigenvalue weighted by molar-refractivity contribution is -0.152. The number of carbonyl (C=O) groups excluding carboxylic acids is 2. The summed E-state index contributed by atoms with van der Waals surface area (Å²) in [6.07, 6.45) is 1.07. The van der Waals surface area contributed by atoms with E-state index < -0.39 is 20.3 Å². The lowest BCUT2D eigenvalue weighted by Gasteiger charge is -2.28. The topological polar surface area (TPSA) is 59.1 Å². The molecule has 6 nitrogen and oxygen atoms in total. The molecule has 1 aromatic carbocycles. The number of anilines is 1. The third-order valence-electron chi connectivity index (χ3n) is 5.07. The Balaban J connectivity index is 2.51. The lowest BCUT2D eigenvalue weighted by atomic mass is 9.91. The molecule has 1 aliphatic rings. The largest absolute Gasteiger partial charge is 0.466 e. The number of hydrogen-bond acceptors (Lipinski definition) is 5. The minimum atomic E-state index is -2.05. The molecule has 0 N–H and O–H groups in total. The molecule has 29 heavy (non-hydrogen) atoms. The minimum Gasteiger partial charge on any atom is -0.466 e. The summed E-state index contributed by atoms with van der Waals surface area (Å²) in [6.45, 7) is 10.9. The van der Waals surface area contributed by atoms with Gasteiger partial charge in [0.25, 0.3) is 5.91 Å². The van der Waals surface area contributed by atoms with E-state index in [9.17, 15) is 9.59 Å². The average molecular weight is 421 g/mol. The monoisotopic (exact) mass is 420 g/mol. The Hall–Kier alpha value is -1.86. The lowest BCUT2D eigenvalue weighted by Crippen LogP contribution is -2.42. The normalized spacial score (nSPS) is 22.1. The molecular weight excluding hydrogens is 384 g/mol. The van der Waals surface area contributed by atoms with Crippen molar-refractivity contribution >= 4 is 25.9 Å². The van der Waals surface area contributed by atoms with Gasteiger partial charge in [0, 0.05) is 26.3 Å². The number of hydrogen-bond donors (Lipinski definition) is 0. The van der Waals surface area contributed by atoms with Crippen molar-refractivity contribution < 1.29 is 18.8 Å². The second-order valence-electron chi connectivity index (χ2n) is 8.74. The molecule has 1 amide bonds. The molecule has 3 unspecified atom stereocenters. The molecule has 3 atom stereocenters. The molecule has 0 aromatic heterocycles. The van der Waals surface area contributed by atoms with Gasteiger partial charge in [-0.3, -0.25) is 9.59 Å².